The molecule has 0 saturated heterocycles. The molecule has 17 heavy (non-hydrogen) atoms. The van der Waals surface area contributed by atoms with E-state index in [4.69, 9.17) is 5.11 Å². The van der Waals surface area contributed by atoms with Gasteiger partial charge in [-0.3, -0.25) is 0 Å². The van der Waals surface area contributed by atoms with Crippen molar-refractivity contribution in [2.75, 3.05) is 6.54 Å². The molecule has 92 valence electrons. The molecule has 2 amide bonds. The minimum absolute atomic E-state index is 0.239. The predicted octanol–water partition coefficient (Wildman–Crippen LogP) is 2.08. The number of carbonyl (C=O) groups is 2. The fourth-order valence-electron chi connectivity index (χ4n) is 1.07. The summed E-state index contributed by atoms with van der Waals surface area (Å²) in [6.45, 7) is 3.79. The van der Waals surface area contributed by atoms with E-state index in [1.54, 1.807) is 17.5 Å². The Bertz CT molecular complexity index is 419. The first-order valence-corrected chi connectivity index (χ1v) is 6.32. The minimum Gasteiger partial charge on any atom is -0.479 e. The molecule has 1 unspecified atom stereocenters. The van der Waals surface area contributed by atoms with Crippen LogP contribution in [-0.2, 0) is 4.79 Å². The average Bonchev–Trinajstić information content (AvgIpc) is 2.75. The molecule has 0 aromatic carbocycles. The summed E-state index contributed by atoms with van der Waals surface area (Å²) in [5.74, 6) is -1.10. The molecule has 0 aliphatic heterocycles. The Balaban J connectivity index is 2.59. The number of amides is 2. The molecule has 3 N–H and O–H groups in total. The van der Waals surface area contributed by atoms with Gasteiger partial charge in [0.15, 0.2) is 6.04 Å². The van der Waals surface area contributed by atoms with Gasteiger partial charge in [-0.25, -0.2) is 9.59 Å². The largest absolute Gasteiger partial charge is 0.479 e. The number of thiophene rings is 1. The number of hydrogen-bond acceptors (Lipinski definition) is 3. The summed E-state index contributed by atoms with van der Waals surface area (Å²) in [5.41, 5.74) is 0. The Morgan fingerprint density at radius 2 is 2.29 bits per heavy atom. The van der Waals surface area contributed by atoms with Crippen molar-refractivity contribution in [1.82, 2.24) is 10.6 Å². The molecule has 0 bridgehead atoms. The maximum Gasteiger partial charge on any atom is 0.331 e. The monoisotopic (exact) mass is 318 g/mol. The number of rotatable bonds is 5. The molecule has 0 saturated carbocycles. The van der Waals surface area contributed by atoms with Gasteiger partial charge in [0.05, 0.1) is 6.54 Å². The normalized spacial score (nSPS) is 11.6. The van der Waals surface area contributed by atoms with Gasteiger partial charge >= 0.3 is 12.0 Å². The van der Waals surface area contributed by atoms with E-state index in [-0.39, 0.29) is 6.54 Å². The molecule has 0 radical (unpaired) electrons. The SMILES string of the molecule is C=C(Br)CNC(=O)NC(C(=O)O)c1cccs1. The third-order valence-corrected chi connectivity index (χ3v) is 3.01. The number of urea groups is 1. The highest BCUT2D eigenvalue weighted by atomic mass is 79.9. The van der Waals surface area contributed by atoms with E-state index in [0.717, 1.165) is 0 Å². The standard InChI is InChI=1S/C10H11BrN2O3S/c1-6(11)5-12-10(16)13-8(9(14)15)7-3-2-4-17-7/h2-4,8H,1,5H2,(H,14,15)(H2,12,13,16). The summed E-state index contributed by atoms with van der Waals surface area (Å²) in [4.78, 5) is 23.0. The van der Waals surface area contributed by atoms with Crippen molar-refractivity contribution < 1.29 is 14.7 Å². The van der Waals surface area contributed by atoms with Crippen LogP contribution in [0.1, 0.15) is 10.9 Å². The van der Waals surface area contributed by atoms with Crippen molar-refractivity contribution in [3.8, 4) is 0 Å². The summed E-state index contributed by atoms with van der Waals surface area (Å²) in [5, 5.41) is 15.6. The third-order valence-electron chi connectivity index (χ3n) is 1.79. The van der Waals surface area contributed by atoms with Crippen LogP contribution in [0.3, 0.4) is 0 Å². The summed E-state index contributed by atoms with van der Waals surface area (Å²) in [6.07, 6.45) is 0. The van der Waals surface area contributed by atoms with Crippen LogP contribution in [-0.4, -0.2) is 23.7 Å². The average molecular weight is 319 g/mol. The molecular formula is C10H11BrN2O3S. The number of halogens is 1. The molecule has 1 aromatic heterocycles. The Kier molecular flexibility index (Phi) is 5.17. The topological polar surface area (TPSA) is 78.4 Å². The maximum atomic E-state index is 11.4. The van der Waals surface area contributed by atoms with E-state index in [0.29, 0.717) is 9.36 Å². The summed E-state index contributed by atoms with van der Waals surface area (Å²) in [6, 6.07) is 1.81. The van der Waals surface area contributed by atoms with Crippen molar-refractivity contribution in [2.45, 2.75) is 6.04 Å². The highest BCUT2D eigenvalue weighted by Crippen LogP contribution is 2.18. The summed E-state index contributed by atoms with van der Waals surface area (Å²) in [7, 11) is 0. The predicted molar refractivity (Wildman–Crippen MR) is 69.3 cm³/mol. The smallest absolute Gasteiger partial charge is 0.331 e. The van der Waals surface area contributed by atoms with Gasteiger partial charge in [0.25, 0.3) is 0 Å². The molecule has 0 fully saturated rings. The number of carboxylic acids is 1. The van der Waals surface area contributed by atoms with Gasteiger partial charge in [-0.1, -0.05) is 28.6 Å². The number of carbonyl (C=O) groups excluding carboxylic acids is 1. The molecule has 5 nitrogen and oxygen atoms in total. The van der Waals surface area contributed by atoms with Crippen molar-refractivity contribution in [2.24, 2.45) is 0 Å². The van der Waals surface area contributed by atoms with Gasteiger partial charge in [-0.15, -0.1) is 11.3 Å². The van der Waals surface area contributed by atoms with Crippen LogP contribution in [0.4, 0.5) is 4.79 Å². The fourth-order valence-corrected chi connectivity index (χ4v) is 1.98. The van der Waals surface area contributed by atoms with E-state index in [2.05, 4.69) is 33.1 Å². The first-order valence-electron chi connectivity index (χ1n) is 4.64. The Labute approximate surface area is 111 Å². The fraction of sp³-hybridized carbons (Fsp3) is 0.200. The molecule has 1 rings (SSSR count). The highest BCUT2D eigenvalue weighted by molar-refractivity contribution is 9.11. The Morgan fingerprint density at radius 3 is 2.76 bits per heavy atom. The van der Waals surface area contributed by atoms with Gasteiger partial charge in [0.1, 0.15) is 0 Å². The second kappa shape index (κ2) is 6.41. The van der Waals surface area contributed by atoms with Crippen LogP contribution in [0.5, 0.6) is 0 Å². The summed E-state index contributed by atoms with van der Waals surface area (Å²) >= 11 is 4.36. The van der Waals surface area contributed by atoms with E-state index in [9.17, 15) is 9.59 Å². The van der Waals surface area contributed by atoms with Crippen molar-refractivity contribution in [3.63, 3.8) is 0 Å². The van der Waals surface area contributed by atoms with Crippen molar-refractivity contribution in [3.05, 3.63) is 33.5 Å². The lowest BCUT2D eigenvalue weighted by molar-refractivity contribution is -0.139. The van der Waals surface area contributed by atoms with Gasteiger partial charge < -0.3 is 15.7 Å². The van der Waals surface area contributed by atoms with E-state index in [1.165, 1.54) is 11.3 Å². The number of hydrogen-bond donors (Lipinski definition) is 3. The lowest BCUT2D eigenvalue weighted by atomic mass is 10.2. The van der Waals surface area contributed by atoms with Crippen LogP contribution in [0.2, 0.25) is 0 Å². The lowest BCUT2D eigenvalue weighted by Gasteiger charge is -2.13. The molecule has 1 aromatic rings. The number of nitrogens with one attached hydrogen (secondary N) is 2. The second-order valence-corrected chi connectivity index (χ2v) is 5.23. The quantitative estimate of drug-likeness (QED) is 0.777. The first-order chi connectivity index (χ1) is 8.00. The van der Waals surface area contributed by atoms with Gasteiger partial charge in [-0.05, 0) is 11.4 Å². The van der Waals surface area contributed by atoms with Crippen molar-refractivity contribution in [1.29, 1.82) is 0 Å². The molecule has 0 spiro atoms. The third kappa shape index (κ3) is 4.58. The molecule has 1 atom stereocenters. The first kappa shape index (κ1) is 13.7. The minimum atomic E-state index is -1.10. The van der Waals surface area contributed by atoms with Crippen LogP contribution >= 0.6 is 27.3 Å². The maximum absolute atomic E-state index is 11.4. The van der Waals surface area contributed by atoms with Gasteiger partial charge in [0, 0.05) is 9.36 Å². The molecule has 0 aliphatic carbocycles. The van der Waals surface area contributed by atoms with Crippen LogP contribution < -0.4 is 10.6 Å². The van der Waals surface area contributed by atoms with E-state index < -0.39 is 18.0 Å². The Hall–Kier alpha value is -1.34. The van der Waals surface area contributed by atoms with Crippen LogP contribution in [0.25, 0.3) is 0 Å². The zero-order valence-electron chi connectivity index (χ0n) is 8.77. The van der Waals surface area contributed by atoms with Crippen LogP contribution in [0.15, 0.2) is 28.6 Å². The zero-order chi connectivity index (χ0) is 12.8. The molecular weight excluding hydrogens is 308 g/mol. The molecule has 7 heteroatoms. The lowest BCUT2D eigenvalue weighted by Crippen LogP contribution is -2.40. The Morgan fingerprint density at radius 1 is 1.59 bits per heavy atom. The van der Waals surface area contributed by atoms with Gasteiger partial charge in [-0.2, -0.15) is 0 Å². The summed E-state index contributed by atoms with van der Waals surface area (Å²) < 4.78 is 0.607. The number of aliphatic carboxylic acids is 1. The molecule has 1 heterocycles. The van der Waals surface area contributed by atoms with Crippen LogP contribution in [0, 0.1) is 0 Å². The van der Waals surface area contributed by atoms with Crippen molar-refractivity contribution >= 4 is 39.3 Å². The van der Waals surface area contributed by atoms with E-state index in [1.807, 2.05) is 0 Å². The molecule has 0 aliphatic rings. The zero-order valence-corrected chi connectivity index (χ0v) is 11.2. The van der Waals surface area contributed by atoms with E-state index >= 15 is 0 Å². The second-order valence-electron chi connectivity index (χ2n) is 3.13. The number of carboxylic acid groups (broad SMARTS) is 1. The highest BCUT2D eigenvalue weighted by Gasteiger charge is 2.22. The van der Waals surface area contributed by atoms with Gasteiger partial charge in [0.2, 0.25) is 0 Å².